The highest BCUT2D eigenvalue weighted by Crippen LogP contribution is 2.29. The molecule has 0 spiro atoms. The average Bonchev–Trinajstić information content (AvgIpc) is 2.46. The lowest BCUT2D eigenvalue weighted by Crippen LogP contribution is -2.03. The minimum atomic E-state index is -0.0369. The van der Waals surface area contributed by atoms with Gasteiger partial charge in [0, 0.05) is 16.8 Å². The van der Waals surface area contributed by atoms with Gasteiger partial charge in [-0.15, -0.1) is 0 Å². The van der Waals surface area contributed by atoms with Crippen molar-refractivity contribution in [2.45, 2.75) is 6.92 Å². The van der Waals surface area contributed by atoms with Crippen molar-refractivity contribution in [3.63, 3.8) is 0 Å². The predicted octanol–water partition coefficient (Wildman–Crippen LogP) is 3.75. The van der Waals surface area contributed by atoms with E-state index >= 15 is 0 Å². The van der Waals surface area contributed by atoms with E-state index in [1.54, 1.807) is 0 Å². The van der Waals surface area contributed by atoms with Gasteiger partial charge in [0.25, 0.3) is 0 Å². The summed E-state index contributed by atoms with van der Waals surface area (Å²) in [4.78, 5) is 16.8. The Labute approximate surface area is 114 Å². The van der Waals surface area contributed by atoms with Gasteiger partial charge < -0.3 is 4.42 Å². The number of benzene rings is 3. The van der Waals surface area contributed by atoms with Crippen molar-refractivity contribution >= 4 is 21.9 Å². The van der Waals surface area contributed by atoms with E-state index in [4.69, 9.17) is 4.42 Å². The van der Waals surface area contributed by atoms with Crippen molar-refractivity contribution in [3.05, 3.63) is 64.3 Å². The molecule has 0 atom stereocenters. The van der Waals surface area contributed by atoms with Crippen LogP contribution in [0.5, 0.6) is 0 Å². The molecule has 3 heteroatoms. The Kier molecular flexibility index (Phi) is 2.18. The van der Waals surface area contributed by atoms with Gasteiger partial charge in [-0.25, -0.2) is 4.98 Å². The number of aryl methyl sites for hydroxylation is 1. The second-order valence-corrected chi connectivity index (χ2v) is 4.95. The zero-order chi connectivity index (χ0) is 13.7. The molecule has 20 heavy (non-hydrogen) atoms. The van der Waals surface area contributed by atoms with E-state index in [0.717, 1.165) is 22.2 Å². The molecule has 0 radical (unpaired) electrons. The van der Waals surface area contributed by atoms with E-state index in [9.17, 15) is 4.79 Å². The van der Waals surface area contributed by atoms with E-state index in [2.05, 4.69) is 4.98 Å². The molecule has 1 aliphatic carbocycles. The van der Waals surface area contributed by atoms with Crippen LogP contribution >= 0.6 is 0 Å². The summed E-state index contributed by atoms with van der Waals surface area (Å²) in [5, 5.41) is 1.51. The van der Waals surface area contributed by atoms with Gasteiger partial charge >= 0.3 is 0 Å². The van der Waals surface area contributed by atoms with Crippen molar-refractivity contribution < 1.29 is 4.42 Å². The van der Waals surface area contributed by atoms with Crippen LogP contribution in [-0.4, -0.2) is 4.98 Å². The zero-order valence-corrected chi connectivity index (χ0v) is 10.9. The van der Waals surface area contributed by atoms with Gasteiger partial charge in [-0.3, -0.25) is 4.79 Å². The third-order valence-electron chi connectivity index (χ3n) is 3.51. The molecule has 0 fully saturated rings. The van der Waals surface area contributed by atoms with Crippen molar-refractivity contribution in [2.75, 3.05) is 0 Å². The smallest absolute Gasteiger partial charge is 0.190 e. The van der Waals surface area contributed by atoms with Gasteiger partial charge in [0.2, 0.25) is 0 Å². The number of rotatable bonds is 0. The maximum atomic E-state index is 12.1. The molecule has 2 aromatic rings. The molecule has 3 nitrogen and oxygen atoms in total. The average molecular weight is 261 g/mol. The summed E-state index contributed by atoms with van der Waals surface area (Å²) in [6, 6.07) is 14.8. The van der Waals surface area contributed by atoms with Gasteiger partial charge in [0.1, 0.15) is 11.2 Å². The molecule has 0 unspecified atom stereocenters. The summed E-state index contributed by atoms with van der Waals surface area (Å²) in [5.41, 5.74) is 3.33. The lowest BCUT2D eigenvalue weighted by molar-refractivity contribution is 0.614. The second-order valence-electron chi connectivity index (χ2n) is 4.95. The van der Waals surface area contributed by atoms with Gasteiger partial charge in [-0.1, -0.05) is 30.3 Å². The minimum absolute atomic E-state index is 0.0369. The summed E-state index contributed by atoms with van der Waals surface area (Å²) in [5.74, 6) is 0.532. The van der Waals surface area contributed by atoms with E-state index < -0.39 is 0 Å². The first-order valence-electron chi connectivity index (χ1n) is 6.45. The fourth-order valence-electron chi connectivity index (χ4n) is 2.54. The van der Waals surface area contributed by atoms with Crippen LogP contribution in [0, 0.1) is 6.92 Å². The van der Waals surface area contributed by atoms with E-state index in [0.29, 0.717) is 16.7 Å². The van der Waals surface area contributed by atoms with Crippen molar-refractivity contribution in [3.8, 4) is 11.5 Å². The first kappa shape index (κ1) is 11.2. The van der Waals surface area contributed by atoms with Crippen molar-refractivity contribution in [1.82, 2.24) is 4.98 Å². The molecule has 2 aromatic carbocycles. The Morgan fingerprint density at radius 3 is 2.65 bits per heavy atom. The highest BCUT2D eigenvalue weighted by Gasteiger charge is 2.14. The highest BCUT2D eigenvalue weighted by atomic mass is 16.3. The van der Waals surface area contributed by atoms with Crippen LogP contribution < -0.4 is 5.43 Å². The van der Waals surface area contributed by atoms with Crippen LogP contribution in [0.25, 0.3) is 33.3 Å². The quantitative estimate of drug-likeness (QED) is 0.357. The summed E-state index contributed by atoms with van der Waals surface area (Å²) in [6.07, 6.45) is 0. The Morgan fingerprint density at radius 2 is 1.80 bits per heavy atom. The third-order valence-corrected chi connectivity index (χ3v) is 3.51. The molecule has 96 valence electrons. The first-order valence-corrected chi connectivity index (χ1v) is 6.45. The molecule has 0 saturated heterocycles. The first-order chi connectivity index (χ1) is 9.72. The number of fused-ring (bicyclic) bond motifs is 4. The number of hydrogen-bond acceptors (Lipinski definition) is 3. The highest BCUT2D eigenvalue weighted by molar-refractivity contribution is 5.96. The van der Waals surface area contributed by atoms with Crippen LogP contribution in [0.3, 0.4) is 0 Å². The van der Waals surface area contributed by atoms with Crippen LogP contribution in [0.2, 0.25) is 0 Å². The zero-order valence-electron chi connectivity index (χ0n) is 10.9. The second kappa shape index (κ2) is 3.90. The fourth-order valence-corrected chi connectivity index (χ4v) is 2.54. The maximum Gasteiger partial charge on any atom is 0.190 e. The SMILES string of the molecule is Cc1ccc2oc3cc(=O)c4ccccc4c-3nc2c1. The fraction of sp³-hybridized carbons (Fsp3) is 0.0588. The summed E-state index contributed by atoms with van der Waals surface area (Å²) < 4.78 is 5.83. The Bertz CT molecular complexity index is 985. The van der Waals surface area contributed by atoms with Crippen LogP contribution in [-0.2, 0) is 0 Å². The van der Waals surface area contributed by atoms with Crippen LogP contribution in [0.4, 0.5) is 0 Å². The van der Waals surface area contributed by atoms with E-state index in [1.807, 2.05) is 49.4 Å². The molecule has 0 N–H and O–H groups in total. The lowest BCUT2D eigenvalue weighted by Gasteiger charge is -2.09. The summed E-state index contributed by atoms with van der Waals surface area (Å²) >= 11 is 0. The Balaban J connectivity index is 2.26. The minimum Gasteiger partial charge on any atom is -0.453 e. The number of nitrogens with zero attached hydrogens (tertiary/aromatic N) is 1. The normalized spacial score (nSPS) is 11.4. The molecule has 0 amide bonds. The molecule has 1 heterocycles. The number of hydrogen-bond donors (Lipinski definition) is 0. The maximum absolute atomic E-state index is 12.1. The predicted molar refractivity (Wildman–Crippen MR) is 79.1 cm³/mol. The largest absolute Gasteiger partial charge is 0.453 e. The van der Waals surface area contributed by atoms with Gasteiger partial charge in [0.15, 0.2) is 16.8 Å². The molecule has 4 rings (SSSR count). The standard InChI is InChI=1S/C17H11NO2/c1-10-6-7-15-13(8-10)18-17-12-5-3-2-4-11(12)14(19)9-16(17)20-15/h2-9H,1H3. The van der Waals surface area contributed by atoms with Crippen molar-refractivity contribution in [2.24, 2.45) is 0 Å². The van der Waals surface area contributed by atoms with Gasteiger partial charge in [0.05, 0.1) is 0 Å². The molecule has 1 aliphatic heterocycles. The summed E-state index contributed by atoms with van der Waals surface area (Å²) in [6.45, 7) is 2.02. The number of aromatic nitrogens is 1. The molecular formula is C17H11NO2. The molecule has 2 aliphatic rings. The molecule has 0 aromatic heterocycles. The molecular weight excluding hydrogens is 250 g/mol. The lowest BCUT2D eigenvalue weighted by atomic mass is 10.0. The van der Waals surface area contributed by atoms with Crippen LogP contribution in [0.1, 0.15) is 5.56 Å². The molecule has 0 saturated carbocycles. The Hall–Kier alpha value is -2.68. The van der Waals surface area contributed by atoms with Crippen molar-refractivity contribution in [1.29, 1.82) is 0 Å². The molecule has 0 bridgehead atoms. The van der Waals surface area contributed by atoms with Gasteiger partial charge in [-0.2, -0.15) is 0 Å². The van der Waals surface area contributed by atoms with E-state index in [-0.39, 0.29) is 5.43 Å². The summed E-state index contributed by atoms with van der Waals surface area (Å²) in [7, 11) is 0. The monoisotopic (exact) mass is 261 g/mol. The third kappa shape index (κ3) is 1.53. The van der Waals surface area contributed by atoms with Gasteiger partial charge in [-0.05, 0) is 24.6 Å². The Morgan fingerprint density at radius 1 is 1.00 bits per heavy atom. The topological polar surface area (TPSA) is 43.1 Å². The van der Waals surface area contributed by atoms with Crippen LogP contribution in [0.15, 0.2) is 57.7 Å². The van der Waals surface area contributed by atoms with E-state index in [1.165, 1.54) is 6.07 Å².